The zero-order valence-electron chi connectivity index (χ0n) is 11.0. The van der Waals surface area contributed by atoms with Crippen LogP contribution in [0.2, 0.25) is 0 Å². The Bertz CT molecular complexity index is 462. The molecule has 4 nitrogen and oxygen atoms in total. The third-order valence-electron chi connectivity index (χ3n) is 2.73. The van der Waals surface area contributed by atoms with Gasteiger partial charge in [0.2, 0.25) is 5.91 Å². The summed E-state index contributed by atoms with van der Waals surface area (Å²) in [6, 6.07) is 10.8. The van der Waals surface area contributed by atoms with Gasteiger partial charge in [0.25, 0.3) is 0 Å². The van der Waals surface area contributed by atoms with Crippen LogP contribution in [0.3, 0.4) is 0 Å². The lowest BCUT2D eigenvalue weighted by Crippen LogP contribution is -2.44. The SMILES string of the molecule is CC[C@H](N)C(=O)N[C@H](C#N)C/C=C\c1ccccc1. The summed E-state index contributed by atoms with van der Waals surface area (Å²) in [6.45, 7) is 1.83. The molecule has 0 fully saturated rings. The molecule has 0 aliphatic heterocycles. The number of rotatable bonds is 6. The molecular weight excluding hydrogens is 238 g/mol. The molecule has 2 atom stereocenters. The van der Waals surface area contributed by atoms with Crippen molar-refractivity contribution in [1.82, 2.24) is 5.32 Å². The summed E-state index contributed by atoms with van der Waals surface area (Å²) in [6.07, 6.45) is 4.83. The van der Waals surface area contributed by atoms with Gasteiger partial charge in [0.15, 0.2) is 0 Å². The van der Waals surface area contributed by atoms with Crippen LogP contribution < -0.4 is 11.1 Å². The minimum Gasteiger partial charge on any atom is -0.339 e. The Morgan fingerprint density at radius 2 is 2.16 bits per heavy atom. The number of nitrogens with zero attached hydrogens (tertiary/aromatic N) is 1. The van der Waals surface area contributed by atoms with Gasteiger partial charge >= 0.3 is 0 Å². The van der Waals surface area contributed by atoms with E-state index in [2.05, 4.69) is 11.4 Å². The molecule has 1 aromatic rings. The lowest BCUT2D eigenvalue weighted by atomic mass is 10.1. The highest BCUT2D eigenvalue weighted by Crippen LogP contribution is 2.03. The van der Waals surface area contributed by atoms with Gasteiger partial charge in [0.1, 0.15) is 6.04 Å². The van der Waals surface area contributed by atoms with Crippen molar-refractivity contribution in [3.05, 3.63) is 42.0 Å². The summed E-state index contributed by atoms with van der Waals surface area (Å²) < 4.78 is 0. The van der Waals surface area contributed by atoms with Gasteiger partial charge in [-0.05, 0) is 18.4 Å². The fourth-order valence-corrected chi connectivity index (χ4v) is 1.51. The smallest absolute Gasteiger partial charge is 0.237 e. The van der Waals surface area contributed by atoms with Crippen LogP contribution in [0, 0.1) is 11.3 Å². The summed E-state index contributed by atoms with van der Waals surface area (Å²) in [4.78, 5) is 11.6. The molecule has 1 aromatic carbocycles. The molecule has 0 aliphatic carbocycles. The number of nitriles is 1. The number of nitrogens with one attached hydrogen (secondary N) is 1. The maximum absolute atomic E-state index is 11.6. The average Bonchev–Trinajstić information content (AvgIpc) is 2.46. The molecule has 0 bridgehead atoms. The van der Waals surface area contributed by atoms with Crippen molar-refractivity contribution in [2.75, 3.05) is 0 Å². The summed E-state index contributed by atoms with van der Waals surface area (Å²) in [5.74, 6) is -0.276. The van der Waals surface area contributed by atoms with Crippen molar-refractivity contribution < 1.29 is 4.79 Å². The van der Waals surface area contributed by atoms with E-state index in [1.807, 2.05) is 49.4 Å². The van der Waals surface area contributed by atoms with Crippen LogP contribution in [-0.2, 0) is 4.79 Å². The predicted octanol–water partition coefficient (Wildman–Crippen LogP) is 1.84. The van der Waals surface area contributed by atoms with E-state index in [-0.39, 0.29) is 5.91 Å². The van der Waals surface area contributed by atoms with E-state index >= 15 is 0 Å². The van der Waals surface area contributed by atoms with E-state index in [9.17, 15) is 4.79 Å². The lowest BCUT2D eigenvalue weighted by molar-refractivity contribution is -0.122. The minimum absolute atomic E-state index is 0.276. The number of nitrogens with two attached hydrogens (primary N) is 1. The van der Waals surface area contributed by atoms with Crippen LogP contribution in [0.4, 0.5) is 0 Å². The second-order valence-electron chi connectivity index (χ2n) is 4.25. The topological polar surface area (TPSA) is 78.9 Å². The van der Waals surface area contributed by atoms with Crippen molar-refractivity contribution in [3.63, 3.8) is 0 Å². The van der Waals surface area contributed by atoms with E-state index in [1.165, 1.54) is 0 Å². The molecule has 0 saturated carbocycles. The molecule has 0 radical (unpaired) electrons. The van der Waals surface area contributed by atoms with Crippen molar-refractivity contribution >= 4 is 12.0 Å². The number of amides is 1. The van der Waals surface area contributed by atoms with Crippen molar-refractivity contribution in [1.29, 1.82) is 5.26 Å². The minimum atomic E-state index is -0.547. The molecule has 1 amide bonds. The third-order valence-corrected chi connectivity index (χ3v) is 2.73. The van der Waals surface area contributed by atoms with Gasteiger partial charge in [0, 0.05) is 0 Å². The Morgan fingerprint density at radius 1 is 1.47 bits per heavy atom. The second-order valence-corrected chi connectivity index (χ2v) is 4.25. The molecule has 19 heavy (non-hydrogen) atoms. The molecule has 1 rings (SSSR count). The molecule has 0 spiro atoms. The molecule has 0 saturated heterocycles. The van der Waals surface area contributed by atoms with Gasteiger partial charge in [-0.25, -0.2) is 0 Å². The zero-order chi connectivity index (χ0) is 14.1. The number of carbonyl (C=O) groups excluding carboxylic acids is 1. The average molecular weight is 257 g/mol. The molecule has 0 unspecified atom stereocenters. The molecule has 4 heteroatoms. The Morgan fingerprint density at radius 3 is 2.74 bits per heavy atom. The molecule has 0 aliphatic rings. The van der Waals surface area contributed by atoms with E-state index in [4.69, 9.17) is 11.0 Å². The summed E-state index contributed by atoms with van der Waals surface area (Å²) in [5.41, 5.74) is 6.67. The number of hydrogen-bond acceptors (Lipinski definition) is 3. The number of benzene rings is 1. The number of hydrogen-bond donors (Lipinski definition) is 2. The van der Waals surface area contributed by atoms with E-state index in [1.54, 1.807) is 0 Å². The first-order valence-electron chi connectivity index (χ1n) is 6.34. The first kappa shape index (κ1) is 14.9. The lowest BCUT2D eigenvalue weighted by Gasteiger charge is -2.13. The van der Waals surface area contributed by atoms with Crippen molar-refractivity contribution in [2.24, 2.45) is 5.73 Å². The van der Waals surface area contributed by atoms with Gasteiger partial charge in [0.05, 0.1) is 12.1 Å². The van der Waals surface area contributed by atoms with Crippen LogP contribution in [0.1, 0.15) is 25.3 Å². The van der Waals surface area contributed by atoms with Gasteiger partial charge in [-0.1, -0.05) is 49.4 Å². The molecule has 0 heterocycles. The normalized spacial score (nSPS) is 13.7. The van der Waals surface area contributed by atoms with Crippen LogP contribution >= 0.6 is 0 Å². The second kappa shape index (κ2) is 8.06. The highest BCUT2D eigenvalue weighted by molar-refractivity contribution is 5.82. The molecule has 0 aromatic heterocycles. The zero-order valence-corrected chi connectivity index (χ0v) is 11.0. The van der Waals surface area contributed by atoms with E-state index < -0.39 is 12.1 Å². The molecule has 100 valence electrons. The van der Waals surface area contributed by atoms with Gasteiger partial charge < -0.3 is 11.1 Å². The summed E-state index contributed by atoms with van der Waals surface area (Å²) >= 11 is 0. The predicted molar refractivity (Wildman–Crippen MR) is 75.9 cm³/mol. The summed E-state index contributed by atoms with van der Waals surface area (Å²) in [5, 5.41) is 11.6. The molecular formula is C15H19N3O. The van der Waals surface area contributed by atoms with Crippen LogP contribution in [0.15, 0.2) is 36.4 Å². The quantitative estimate of drug-likeness (QED) is 0.816. The highest BCUT2D eigenvalue weighted by Gasteiger charge is 2.15. The molecule has 3 N–H and O–H groups in total. The van der Waals surface area contributed by atoms with E-state index in [0.717, 1.165) is 5.56 Å². The standard InChI is InChI=1S/C15H19N3O/c1-2-14(17)15(19)18-13(11-16)10-6-9-12-7-4-3-5-8-12/h3-9,13-14H,2,10,17H2,1H3,(H,18,19)/b9-6-/t13-,14-/m0/s1. The number of carbonyl (C=O) groups is 1. The monoisotopic (exact) mass is 257 g/mol. The summed E-state index contributed by atoms with van der Waals surface area (Å²) in [7, 11) is 0. The Kier molecular flexibility index (Phi) is 6.34. The van der Waals surface area contributed by atoms with Crippen molar-refractivity contribution in [3.8, 4) is 6.07 Å². The largest absolute Gasteiger partial charge is 0.339 e. The fourth-order valence-electron chi connectivity index (χ4n) is 1.51. The Balaban J connectivity index is 2.48. The van der Waals surface area contributed by atoms with Crippen LogP contribution in [0.5, 0.6) is 0 Å². The first-order valence-corrected chi connectivity index (χ1v) is 6.34. The van der Waals surface area contributed by atoms with Gasteiger partial charge in [-0.3, -0.25) is 4.79 Å². The Labute approximate surface area is 113 Å². The first-order chi connectivity index (χ1) is 9.17. The van der Waals surface area contributed by atoms with Crippen LogP contribution in [0.25, 0.3) is 6.08 Å². The fraction of sp³-hybridized carbons (Fsp3) is 0.333. The van der Waals surface area contributed by atoms with Crippen molar-refractivity contribution in [2.45, 2.75) is 31.8 Å². The third kappa shape index (κ3) is 5.36. The van der Waals surface area contributed by atoms with Crippen LogP contribution in [-0.4, -0.2) is 18.0 Å². The van der Waals surface area contributed by atoms with Gasteiger partial charge in [-0.15, -0.1) is 0 Å². The van der Waals surface area contributed by atoms with Gasteiger partial charge in [-0.2, -0.15) is 5.26 Å². The maximum Gasteiger partial charge on any atom is 0.237 e. The maximum atomic E-state index is 11.6. The Hall–Kier alpha value is -2.12. The van der Waals surface area contributed by atoms with E-state index in [0.29, 0.717) is 12.8 Å². The highest BCUT2D eigenvalue weighted by atomic mass is 16.2.